The number of rotatable bonds is 3. The fourth-order valence-corrected chi connectivity index (χ4v) is 4.91. The number of benzene rings is 2. The number of nitrogens with one attached hydrogen (secondary N) is 2. The van der Waals surface area contributed by atoms with Crippen LogP contribution in [0.15, 0.2) is 67.0 Å². The number of aromatic nitrogens is 3. The number of nitrogens with zero attached hydrogens (tertiary/aromatic N) is 4. The molecule has 0 bridgehead atoms. The summed E-state index contributed by atoms with van der Waals surface area (Å²) < 4.78 is 0. The summed E-state index contributed by atoms with van der Waals surface area (Å²) in [6.45, 7) is 6.11. The molecule has 0 unspecified atom stereocenters. The lowest BCUT2D eigenvalue weighted by Gasteiger charge is -2.28. The molecule has 1 aliphatic heterocycles. The highest BCUT2D eigenvalue weighted by Crippen LogP contribution is 2.36. The first-order valence-electron chi connectivity index (χ1n) is 11.6. The first-order valence-corrected chi connectivity index (χ1v) is 11.6. The van der Waals surface area contributed by atoms with Crippen LogP contribution in [0.4, 0.5) is 5.82 Å². The van der Waals surface area contributed by atoms with Crippen molar-refractivity contribution in [3.8, 4) is 28.5 Å². The fraction of sp³-hybridized carbons (Fsp3) is 0.179. The van der Waals surface area contributed by atoms with Crippen LogP contribution in [0, 0.1) is 18.3 Å². The minimum Gasteiger partial charge on any atom is -0.354 e. The van der Waals surface area contributed by atoms with Crippen molar-refractivity contribution < 1.29 is 0 Å². The normalized spacial score (nSPS) is 13.9. The molecule has 2 N–H and O–H groups in total. The fourth-order valence-electron chi connectivity index (χ4n) is 4.91. The SMILES string of the molecule is Cc1c(-c2ccc(C#N)c3ncccc23)[nH]c2cc(-c3ccc(N4CCNCC4)nc3)ccc12. The molecule has 4 heterocycles. The topological polar surface area (TPSA) is 80.6 Å². The zero-order valence-electron chi connectivity index (χ0n) is 19.0. The van der Waals surface area contributed by atoms with Crippen LogP contribution < -0.4 is 10.2 Å². The van der Waals surface area contributed by atoms with Crippen LogP contribution in [0.3, 0.4) is 0 Å². The molecule has 6 rings (SSSR count). The van der Waals surface area contributed by atoms with Crippen molar-refractivity contribution in [1.82, 2.24) is 20.3 Å². The average molecular weight is 445 g/mol. The Balaban J connectivity index is 1.40. The molecule has 2 aromatic carbocycles. The highest BCUT2D eigenvalue weighted by molar-refractivity contribution is 6.01. The van der Waals surface area contributed by atoms with Gasteiger partial charge in [0.1, 0.15) is 11.9 Å². The molecular weight excluding hydrogens is 420 g/mol. The summed E-state index contributed by atoms with van der Waals surface area (Å²) in [5, 5.41) is 15.0. The maximum atomic E-state index is 9.49. The van der Waals surface area contributed by atoms with Gasteiger partial charge >= 0.3 is 0 Å². The molecule has 0 saturated carbocycles. The number of aromatic amines is 1. The summed E-state index contributed by atoms with van der Waals surface area (Å²) in [7, 11) is 0. The first-order chi connectivity index (χ1) is 16.7. The number of hydrogen-bond acceptors (Lipinski definition) is 5. The molecule has 34 heavy (non-hydrogen) atoms. The van der Waals surface area contributed by atoms with Crippen molar-refractivity contribution in [3.05, 3.63) is 78.1 Å². The van der Waals surface area contributed by atoms with Gasteiger partial charge in [0, 0.05) is 66.0 Å². The third-order valence-corrected chi connectivity index (χ3v) is 6.74. The molecule has 1 fully saturated rings. The van der Waals surface area contributed by atoms with Crippen molar-refractivity contribution in [2.75, 3.05) is 31.1 Å². The summed E-state index contributed by atoms with van der Waals surface area (Å²) in [6.07, 6.45) is 3.70. The van der Waals surface area contributed by atoms with Crippen LogP contribution in [0.5, 0.6) is 0 Å². The third kappa shape index (κ3) is 3.38. The lowest BCUT2D eigenvalue weighted by atomic mass is 9.99. The minimum atomic E-state index is 0.590. The van der Waals surface area contributed by atoms with E-state index in [-0.39, 0.29) is 0 Å². The van der Waals surface area contributed by atoms with E-state index < -0.39 is 0 Å². The number of hydrogen-bond donors (Lipinski definition) is 2. The standard InChI is InChI=1S/C28H24N6/c1-18-22-7-4-19(21-6-9-26(32-17-21)34-13-11-30-12-14-34)15-25(22)33-27(18)24-8-5-20(16-29)28-23(24)3-2-10-31-28/h2-10,15,17,30,33H,11-14H2,1H3. The number of fused-ring (bicyclic) bond motifs is 2. The number of pyridine rings is 2. The third-order valence-electron chi connectivity index (χ3n) is 6.74. The number of piperazine rings is 1. The Hall–Kier alpha value is -4.21. The second-order valence-corrected chi connectivity index (χ2v) is 8.70. The second-order valence-electron chi connectivity index (χ2n) is 8.70. The molecule has 0 spiro atoms. The van der Waals surface area contributed by atoms with Crippen molar-refractivity contribution in [2.24, 2.45) is 0 Å². The average Bonchev–Trinajstić information content (AvgIpc) is 3.24. The van der Waals surface area contributed by atoms with E-state index in [0.717, 1.165) is 70.8 Å². The molecule has 0 aliphatic carbocycles. The Bertz CT molecular complexity index is 1550. The molecule has 6 heteroatoms. The number of aryl methyl sites for hydroxylation is 1. The molecule has 1 saturated heterocycles. The van der Waals surface area contributed by atoms with E-state index in [1.807, 2.05) is 30.5 Å². The van der Waals surface area contributed by atoms with Crippen molar-refractivity contribution >= 4 is 27.6 Å². The lowest BCUT2D eigenvalue weighted by molar-refractivity contribution is 0.585. The molecule has 166 valence electrons. The smallest absolute Gasteiger partial charge is 0.128 e. The summed E-state index contributed by atoms with van der Waals surface area (Å²) in [5.74, 6) is 1.03. The Morgan fingerprint density at radius 2 is 1.79 bits per heavy atom. The quantitative estimate of drug-likeness (QED) is 0.408. The summed E-state index contributed by atoms with van der Waals surface area (Å²) in [6, 6.07) is 20.9. The van der Waals surface area contributed by atoms with Crippen LogP contribution in [0.1, 0.15) is 11.1 Å². The number of anilines is 1. The van der Waals surface area contributed by atoms with Gasteiger partial charge < -0.3 is 15.2 Å². The summed E-state index contributed by atoms with van der Waals surface area (Å²) in [4.78, 5) is 15.2. The maximum Gasteiger partial charge on any atom is 0.128 e. The van der Waals surface area contributed by atoms with Crippen molar-refractivity contribution in [1.29, 1.82) is 5.26 Å². The highest BCUT2D eigenvalue weighted by Gasteiger charge is 2.16. The van der Waals surface area contributed by atoms with Gasteiger partial charge in [0.05, 0.1) is 16.8 Å². The Kier molecular flexibility index (Phi) is 4.97. The predicted molar refractivity (Wildman–Crippen MR) is 137 cm³/mol. The van der Waals surface area contributed by atoms with Gasteiger partial charge in [-0.15, -0.1) is 0 Å². The molecule has 1 aliphatic rings. The number of H-pyrrole nitrogens is 1. The van der Waals surface area contributed by atoms with Gasteiger partial charge in [0.25, 0.3) is 0 Å². The zero-order chi connectivity index (χ0) is 23.1. The van der Waals surface area contributed by atoms with E-state index in [4.69, 9.17) is 4.98 Å². The van der Waals surface area contributed by atoms with Gasteiger partial charge in [-0.25, -0.2) is 4.98 Å². The van der Waals surface area contributed by atoms with Crippen molar-refractivity contribution in [2.45, 2.75) is 6.92 Å². The minimum absolute atomic E-state index is 0.590. The highest BCUT2D eigenvalue weighted by atomic mass is 15.2. The summed E-state index contributed by atoms with van der Waals surface area (Å²) >= 11 is 0. The van der Waals surface area contributed by atoms with Crippen LogP contribution >= 0.6 is 0 Å². The van der Waals surface area contributed by atoms with E-state index in [0.29, 0.717) is 5.56 Å². The predicted octanol–water partition coefficient (Wildman–Crippen LogP) is 5.03. The van der Waals surface area contributed by atoms with E-state index in [2.05, 4.69) is 63.5 Å². The van der Waals surface area contributed by atoms with Gasteiger partial charge in [-0.3, -0.25) is 4.98 Å². The molecule has 0 radical (unpaired) electrons. The van der Waals surface area contributed by atoms with Crippen molar-refractivity contribution in [3.63, 3.8) is 0 Å². The van der Waals surface area contributed by atoms with E-state index >= 15 is 0 Å². The monoisotopic (exact) mass is 444 g/mol. The van der Waals surface area contributed by atoms with Gasteiger partial charge in [-0.05, 0) is 48.4 Å². The van der Waals surface area contributed by atoms with Gasteiger partial charge in [0.2, 0.25) is 0 Å². The molecule has 0 atom stereocenters. The van der Waals surface area contributed by atoms with Crippen LogP contribution in [-0.2, 0) is 0 Å². The molecular formula is C28H24N6. The number of nitriles is 1. The molecule has 6 nitrogen and oxygen atoms in total. The van der Waals surface area contributed by atoms with Gasteiger partial charge in [0.15, 0.2) is 0 Å². The van der Waals surface area contributed by atoms with E-state index in [1.54, 1.807) is 6.20 Å². The van der Waals surface area contributed by atoms with Crippen LogP contribution in [0.25, 0.3) is 44.2 Å². The largest absolute Gasteiger partial charge is 0.354 e. The first kappa shape index (κ1) is 20.4. The van der Waals surface area contributed by atoms with E-state index in [1.165, 1.54) is 10.9 Å². The Morgan fingerprint density at radius 1 is 0.941 bits per heavy atom. The van der Waals surface area contributed by atoms with E-state index in [9.17, 15) is 5.26 Å². The van der Waals surface area contributed by atoms with Gasteiger partial charge in [-0.2, -0.15) is 5.26 Å². The second kappa shape index (κ2) is 8.29. The van der Waals surface area contributed by atoms with Crippen LogP contribution in [-0.4, -0.2) is 41.1 Å². The zero-order valence-corrected chi connectivity index (χ0v) is 19.0. The summed E-state index contributed by atoms with van der Waals surface area (Å²) in [5.41, 5.74) is 7.93. The maximum absolute atomic E-state index is 9.49. The van der Waals surface area contributed by atoms with Crippen LogP contribution in [0.2, 0.25) is 0 Å². The lowest BCUT2D eigenvalue weighted by Crippen LogP contribution is -2.43. The Labute approximate surface area is 197 Å². The van der Waals surface area contributed by atoms with Gasteiger partial charge in [-0.1, -0.05) is 24.3 Å². The Morgan fingerprint density at radius 3 is 2.59 bits per heavy atom. The molecule has 3 aromatic heterocycles. The molecule has 5 aromatic rings. The molecule has 0 amide bonds.